The number of rotatable bonds is 3. The molecule has 0 bridgehead atoms. The van der Waals surface area contributed by atoms with Crippen LogP contribution < -0.4 is 5.73 Å². The Kier molecular flexibility index (Phi) is 2.28. The highest BCUT2D eigenvalue weighted by Gasteiger charge is 2.60. The van der Waals surface area contributed by atoms with E-state index in [0.29, 0.717) is 12.4 Å². The van der Waals surface area contributed by atoms with Gasteiger partial charge in [-0.2, -0.15) is 5.21 Å². The number of H-pyrrole nitrogens is 1. The van der Waals surface area contributed by atoms with Gasteiger partial charge in [0.1, 0.15) is 0 Å². The molecule has 0 aliphatic heterocycles. The minimum absolute atomic E-state index is 0.104. The maximum absolute atomic E-state index is 6.00. The van der Waals surface area contributed by atoms with Crippen molar-refractivity contribution >= 4 is 0 Å². The van der Waals surface area contributed by atoms with Crippen LogP contribution in [0.4, 0.5) is 0 Å². The lowest BCUT2D eigenvalue weighted by atomic mass is 9.87. The quantitative estimate of drug-likeness (QED) is 0.856. The lowest BCUT2D eigenvalue weighted by Crippen LogP contribution is -2.25. The van der Waals surface area contributed by atoms with Crippen LogP contribution in [0, 0.1) is 5.41 Å². The second-order valence-electron chi connectivity index (χ2n) is 5.66. The lowest BCUT2D eigenvalue weighted by molar-refractivity contribution is 0.503. The summed E-state index contributed by atoms with van der Waals surface area (Å²) in [7, 11) is 0. The number of nitrogens with one attached hydrogen (secondary N) is 1. The number of hydrogen-bond donors (Lipinski definition) is 2. The third kappa shape index (κ3) is 1.47. The number of nitrogens with two attached hydrogens (primary N) is 1. The third-order valence-corrected chi connectivity index (χ3v) is 4.28. The van der Waals surface area contributed by atoms with Crippen molar-refractivity contribution in [1.82, 2.24) is 20.6 Å². The Morgan fingerprint density at radius 2 is 2.17 bits per heavy atom. The standard InChI is InChI=1S/C13H17N5/c1-12(2)7-13(12,8-14)10-5-3-4-9(6-10)11-15-17-18-16-11/h3-6H,7-8,14H2,1-2H3,(H,15,16,17,18). The van der Waals surface area contributed by atoms with Crippen LogP contribution in [-0.4, -0.2) is 27.2 Å². The molecule has 18 heavy (non-hydrogen) atoms. The van der Waals surface area contributed by atoms with Crippen LogP contribution in [0.3, 0.4) is 0 Å². The first-order chi connectivity index (χ1) is 8.59. The van der Waals surface area contributed by atoms with Gasteiger partial charge in [-0.05, 0) is 28.7 Å². The number of nitrogens with zero attached hydrogens (tertiary/aromatic N) is 3. The zero-order valence-corrected chi connectivity index (χ0v) is 10.6. The van der Waals surface area contributed by atoms with Gasteiger partial charge in [-0.3, -0.25) is 0 Å². The summed E-state index contributed by atoms with van der Waals surface area (Å²) in [6.07, 6.45) is 1.13. The van der Waals surface area contributed by atoms with E-state index in [9.17, 15) is 0 Å². The summed E-state index contributed by atoms with van der Waals surface area (Å²) in [6.45, 7) is 5.21. The molecule has 5 nitrogen and oxygen atoms in total. The monoisotopic (exact) mass is 243 g/mol. The molecule has 1 fully saturated rings. The number of aromatic amines is 1. The van der Waals surface area contributed by atoms with Crippen molar-refractivity contribution in [2.45, 2.75) is 25.7 Å². The van der Waals surface area contributed by atoms with Gasteiger partial charge in [0, 0.05) is 17.5 Å². The summed E-state index contributed by atoms with van der Waals surface area (Å²) in [5, 5.41) is 14.1. The molecule has 94 valence electrons. The van der Waals surface area contributed by atoms with E-state index < -0.39 is 0 Å². The smallest absolute Gasteiger partial charge is 0.204 e. The highest BCUT2D eigenvalue weighted by Crippen LogP contribution is 2.63. The molecule has 5 heteroatoms. The Hall–Kier alpha value is -1.75. The third-order valence-electron chi connectivity index (χ3n) is 4.28. The summed E-state index contributed by atoms with van der Waals surface area (Å²) in [4.78, 5) is 0. The molecule has 0 amide bonds. The first kappa shape index (κ1) is 11.3. The van der Waals surface area contributed by atoms with Gasteiger partial charge in [-0.15, -0.1) is 10.2 Å². The van der Waals surface area contributed by atoms with Crippen molar-refractivity contribution in [1.29, 1.82) is 0 Å². The minimum atomic E-state index is 0.104. The molecule has 1 heterocycles. The van der Waals surface area contributed by atoms with Crippen LogP contribution >= 0.6 is 0 Å². The van der Waals surface area contributed by atoms with E-state index in [-0.39, 0.29) is 10.8 Å². The van der Waals surface area contributed by atoms with Crippen LogP contribution in [-0.2, 0) is 5.41 Å². The first-order valence-corrected chi connectivity index (χ1v) is 6.13. The molecule has 0 spiro atoms. The topological polar surface area (TPSA) is 80.5 Å². The van der Waals surface area contributed by atoms with Gasteiger partial charge in [-0.1, -0.05) is 32.0 Å². The highest BCUT2D eigenvalue weighted by molar-refractivity contribution is 5.57. The minimum Gasteiger partial charge on any atom is -0.330 e. The molecular weight excluding hydrogens is 226 g/mol. The van der Waals surface area contributed by atoms with E-state index in [1.807, 2.05) is 12.1 Å². The van der Waals surface area contributed by atoms with Crippen molar-refractivity contribution in [3.05, 3.63) is 29.8 Å². The highest BCUT2D eigenvalue weighted by atomic mass is 15.5. The van der Waals surface area contributed by atoms with E-state index in [1.165, 1.54) is 5.56 Å². The molecule has 1 aromatic carbocycles. The largest absolute Gasteiger partial charge is 0.330 e. The van der Waals surface area contributed by atoms with Crippen LogP contribution in [0.25, 0.3) is 11.4 Å². The predicted molar refractivity (Wildman–Crippen MR) is 68.7 cm³/mol. The maximum atomic E-state index is 6.00. The second-order valence-corrected chi connectivity index (χ2v) is 5.66. The van der Waals surface area contributed by atoms with E-state index in [4.69, 9.17) is 5.73 Å². The fourth-order valence-corrected chi connectivity index (χ4v) is 2.91. The lowest BCUT2D eigenvalue weighted by Gasteiger charge is -2.19. The van der Waals surface area contributed by atoms with Crippen molar-refractivity contribution in [2.24, 2.45) is 11.1 Å². The summed E-state index contributed by atoms with van der Waals surface area (Å²) < 4.78 is 0. The zero-order chi connectivity index (χ0) is 12.8. The molecule has 1 aliphatic carbocycles. The fourth-order valence-electron chi connectivity index (χ4n) is 2.91. The number of tetrazole rings is 1. The molecular formula is C13H17N5. The van der Waals surface area contributed by atoms with Gasteiger partial charge >= 0.3 is 0 Å². The average molecular weight is 243 g/mol. The Morgan fingerprint density at radius 3 is 2.72 bits per heavy atom. The summed E-state index contributed by atoms with van der Waals surface area (Å²) in [5.41, 5.74) is 8.63. The Balaban J connectivity index is 2.03. The predicted octanol–water partition coefficient (Wildman–Crippen LogP) is 1.49. The molecule has 3 N–H and O–H groups in total. The fraction of sp³-hybridized carbons (Fsp3) is 0.462. The van der Waals surface area contributed by atoms with E-state index in [2.05, 4.69) is 46.6 Å². The summed E-state index contributed by atoms with van der Waals surface area (Å²) in [6, 6.07) is 8.30. The first-order valence-electron chi connectivity index (χ1n) is 6.13. The average Bonchev–Trinajstić information content (AvgIpc) is 2.78. The van der Waals surface area contributed by atoms with Crippen molar-refractivity contribution in [3.8, 4) is 11.4 Å². The number of hydrogen-bond acceptors (Lipinski definition) is 4. The van der Waals surface area contributed by atoms with Gasteiger partial charge in [-0.25, -0.2) is 0 Å². The number of benzene rings is 1. The molecule has 1 aromatic heterocycles. The SMILES string of the molecule is CC1(C)CC1(CN)c1cccc(-c2nn[nH]n2)c1. The van der Waals surface area contributed by atoms with Crippen LogP contribution in [0.5, 0.6) is 0 Å². The molecule has 1 saturated carbocycles. The van der Waals surface area contributed by atoms with Crippen LogP contribution in [0.2, 0.25) is 0 Å². The van der Waals surface area contributed by atoms with Crippen molar-refractivity contribution in [3.63, 3.8) is 0 Å². The molecule has 1 unspecified atom stereocenters. The summed E-state index contributed by atoms with van der Waals surface area (Å²) >= 11 is 0. The maximum Gasteiger partial charge on any atom is 0.204 e. The van der Waals surface area contributed by atoms with Crippen LogP contribution in [0.15, 0.2) is 24.3 Å². The molecule has 3 rings (SSSR count). The van der Waals surface area contributed by atoms with Gasteiger partial charge in [0.2, 0.25) is 5.82 Å². The second kappa shape index (κ2) is 3.62. The molecule has 1 atom stereocenters. The Bertz CT molecular complexity index is 561. The van der Waals surface area contributed by atoms with Crippen molar-refractivity contribution in [2.75, 3.05) is 6.54 Å². The van der Waals surface area contributed by atoms with Crippen molar-refractivity contribution < 1.29 is 0 Å². The number of aromatic nitrogens is 4. The van der Waals surface area contributed by atoms with Gasteiger partial charge in [0.05, 0.1) is 0 Å². The summed E-state index contributed by atoms with van der Waals surface area (Å²) in [5.74, 6) is 0.627. The Morgan fingerprint density at radius 1 is 1.39 bits per heavy atom. The molecule has 1 aliphatic rings. The van der Waals surface area contributed by atoms with E-state index >= 15 is 0 Å². The molecule has 0 radical (unpaired) electrons. The van der Waals surface area contributed by atoms with E-state index in [1.54, 1.807) is 0 Å². The molecule has 2 aromatic rings. The molecule has 0 saturated heterocycles. The Labute approximate surface area is 106 Å². The zero-order valence-electron chi connectivity index (χ0n) is 10.6. The van der Waals surface area contributed by atoms with Gasteiger partial charge < -0.3 is 5.73 Å². The van der Waals surface area contributed by atoms with E-state index in [0.717, 1.165) is 12.0 Å². The van der Waals surface area contributed by atoms with Gasteiger partial charge in [0.15, 0.2) is 0 Å². The van der Waals surface area contributed by atoms with Gasteiger partial charge in [0.25, 0.3) is 0 Å². The normalized spacial score (nSPS) is 25.1. The van der Waals surface area contributed by atoms with Crippen LogP contribution in [0.1, 0.15) is 25.8 Å².